The van der Waals surface area contributed by atoms with E-state index in [1.165, 1.54) is 0 Å². The van der Waals surface area contributed by atoms with Crippen LogP contribution in [0, 0.1) is 0 Å². The summed E-state index contributed by atoms with van der Waals surface area (Å²) >= 11 is 0. The molecular weight excluding hydrogens is 384 g/mol. The molecule has 3 aromatic rings. The molecule has 8 nitrogen and oxygen atoms in total. The average molecular weight is 408 g/mol. The number of carbonyl (C=O) groups excluding carboxylic acids is 1. The van der Waals surface area contributed by atoms with Crippen molar-refractivity contribution in [2.75, 3.05) is 26.2 Å². The van der Waals surface area contributed by atoms with Gasteiger partial charge in [-0.2, -0.15) is 0 Å². The van der Waals surface area contributed by atoms with Crippen molar-refractivity contribution in [3.05, 3.63) is 48.3 Å². The van der Waals surface area contributed by atoms with Gasteiger partial charge >= 0.3 is 0 Å². The number of benzene rings is 2. The maximum Gasteiger partial charge on any atom is 0.204 e. The molecule has 2 N–H and O–H groups in total. The highest BCUT2D eigenvalue weighted by Gasteiger charge is 2.57. The number of nitrogens with zero attached hydrogens (tertiary/aromatic N) is 3. The van der Waals surface area contributed by atoms with Crippen molar-refractivity contribution in [3.63, 3.8) is 0 Å². The van der Waals surface area contributed by atoms with Gasteiger partial charge in [0.05, 0.1) is 30.9 Å². The minimum absolute atomic E-state index is 0.168. The first-order valence-electron chi connectivity index (χ1n) is 9.68. The Labute approximate surface area is 174 Å². The summed E-state index contributed by atoms with van der Waals surface area (Å²) < 4.78 is 10.7. The number of fused-ring (bicyclic) bond motifs is 1. The third-order valence-electron chi connectivity index (χ3n) is 5.51. The van der Waals surface area contributed by atoms with E-state index >= 15 is 0 Å². The van der Waals surface area contributed by atoms with Crippen LogP contribution in [0.5, 0.6) is 11.5 Å². The lowest BCUT2D eigenvalue weighted by Gasteiger charge is -2.33. The van der Waals surface area contributed by atoms with E-state index in [0.29, 0.717) is 28.8 Å². The first kappa shape index (κ1) is 19.9. The Morgan fingerprint density at radius 2 is 1.87 bits per heavy atom. The molecule has 0 radical (unpaired) electrons. The number of methoxy groups -OCH3 is 2. The van der Waals surface area contributed by atoms with Gasteiger partial charge in [0.2, 0.25) is 11.5 Å². The molecule has 2 unspecified atom stereocenters. The summed E-state index contributed by atoms with van der Waals surface area (Å²) in [5, 5.41) is 11.5. The monoisotopic (exact) mass is 408 g/mol. The molecule has 2 aromatic carbocycles. The number of ether oxygens (including phenoxy) is 2. The minimum atomic E-state index is -1.78. The fourth-order valence-electron chi connectivity index (χ4n) is 3.96. The van der Waals surface area contributed by atoms with Gasteiger partial charge in [0.1, 0.15) is 29.1 Å². The predicted molar refractivity (Wildman–Crippen MR) is 114 cm³/mol. The van der Waals surface area contributed by atoms with E-state index in [1.807, 2.05) is 24.3 Å². The molecule has 2 atom stereocenters. The van der Waals surface area contributed by atoms with Crippen molar-refractivity contribution in [3.8, 4) is 11.5 Å². The molecule has 1 aliphatic rings. The number of H-pyrrole nitrogens is 1. The zero-order valence-corrected chi connectivity index (χ0v) is 17.3. The average Bonchev–Trinajstić information content (AvgIpc) is 3.30. The number of anilines is 1. The van der Waals surface area contributed by atoms with Gasteiger partial charge in [-0.1, -0.05) is 19.1 Å². The van der Waals surface area contributed by atoms with E-state index in [9.17, 15) is 9.90 Å². The minimum Gasteiger partial charge on any atom is -0.497 e. The number of rotatable bonds is 5. The Balaban J connectivity index is 1.89. The number of hydrogen-bond acceptors (Lipinski definition) is 6. The third-order valence-corrected chi connectivity index (χ3v) is 5.51. The number of para-hydroxylation sites is 2. The zero-order chi connectivity index (χ0) is 21.5. The number of aliphatic imine (C=N–C) groups is 1. The first-order valence-corrected chi connectivity index (χ1v) is 9.68. The second-order valence-electron chi connectivity index (χ2n) is 7.09. The molecule has 0 saturated carbocycles. The van der Waals surface area contributed by atoms with Gasteiger partial charge < -0.3 is 19.6 Å². The number of amidine groups is 1. The summed E-state index contributed by atoms with van der Waals surface area (Å²) in [7, 11) is 4.70. The molecule has 0 aliphatic carbocycles. The van der Waals surface area contributed by atoms with Gasteiger partial charge in [0.15, 0.2) is 0 Å². The van der Waals surface area contributed by atoms with Crippen molar-refractivity contribution in [1.29, 1.82) is 0 Å². The summed E-state index contributed by atoms with van der Waals surface area (Å²) in [6.45, 7) is 1.76. The van der Waals surface area contributed by atoms with Crippen LogP contribution in [-0.2, 0) is 4.79 Å². The van der Waals surface area contributed by atoms with Crippen molar-refractivity contribution in [2.45, 2.75) is 25.0 Å². The Bertz CT molecular complexity index is 1080. The number of Topliss-reactive ketones (excluding diaryl/α,β-unsaturated/α-hetero) is 1. The van der Waals surface area contributed by atoms with Crippen LogP contribution in [0.4, 0.5) is 5.69 Å². The number of imidazole rings is 1. The largest absolute Gasteiger partial charge is 0.497 e. The molecule has 1 aliphatic heterocycles. The third kappa shape index (κ3) is 2.91. The number of hydrogen-bond donors (Lipinski definition) is 2. The van der Waals surface area contributed by atoms with Gasteiger partial charge in [0.25, 0.3) is 0 Å². The summed E-state index contributed by atoms with van der Waals surface area (Å²) in [6.07, 6.45) is 0.168. The van der Waals surface area contributed by atoms with Crippen LogP contribution in [0.1, 0.15) is 25.1 Å². The van der Waals surface area contributed by atoms with Crippen molar-refractivity contribution in [2.24, 2.45) is 4.99 Å². The van der Waals surface area contributed by atoms with Crippen LogP contribution < -0.4 is 14.4 Å². The molecule has 0 amide bonds. The molecular formula is C22H24N4O4. The van der Waals surface area contributed by atoms with Crippen LogP contribution in [-0.4, -0.2) is 53.7 Å². The molecule has 30 heavy (non-hydrogen) atoms. The summed E-state index contributed by atoms with van der Waals surface area (Å²) in [4.78, 5) is 27.3. The number of aromatic amines is 1. The first-order chi connectivity index (χ1) is 14.5. The number of aromatic nitrogens is 2. The Hall–Kier alpha value is -3.39. The van der Waals surface area contributed by atoms with Crippen molar-refractivity contribution < 1.29 is 19.4 Å². The molecule has 4 rings (SSSR count). The van der Waals surface area contributed by atoms with Gasteiger partial charge in [-0.05, 0) is 12.1 Å². The van der Waals surface area contributed by atoms with E-state index in [2.05, 4.69) is 15.0 Å². The lowest BCUT2D eigenvalue weighted by molar-refractivity contribution is -0.134. The van der Waals surface area contributed by atoms with E-state index in [4.69, 9.17) is 9.47 Å². The Morgan fingerprint density at radius 3 is 2.43 bits per heavy atom. The smallest absolute Gasteiger partial charge is 0.204 e. The van der Waals surface area contributed by atoms with E-state index in [-0.39, 0.29) is 12.2 Å². The zero-order valence-electron chi connectivity index (χ0n) is 17.3. The highest BCUT2D eigenvalue weighted by atomic mass is 16.5. The molecule has 1 saturated heterocycles. The second-order valence-corrected chi connectivity index (χ2v) is 7.09. The molecule has 156 valence electrons. The molecule has 2 heterocycles. The fraction of sp³-hybridized carbons (Fsp3) is 0.318. The van der Waals surface area contributed by atoms with E-state index < -0.39 is 11.6 Å². The second kappa shape index (κ2) is 7.46. The number of ketones is 1. The summed E-state index contributed by atoms with van der Waals surface area (Å²) in [6, 6.07) is 12.7. The maximum absolute atomic E-state index is 13.5. The molecule has 1 aromatic heterocycles. The lowest BCUT2D eigenvalue weighted by atomic mass is 9.98. The SMILES string of the molecule is CCC1(O)C(=O)C(c2nc3ccccc3[nH]2)C(=NC)N1c1cc(OC)cc(OC)c1. The van der Waals surface area contributed by atoms with Crippen LogP contribution in [0.2, 0.25) is 0 Å². The van der Waals surface area contributed by atoms with Crippen molar-refractivity contribution in [1.82, 2.24) is 9.97 Å². The van der Waals surface area contributed by atoms with Gasteiger partial charge in [-0.25, -0.2) is 4.98 Å². The topological polar surface area (TPSA) is 100 Å². The standard InChI is InChI=1S/C22H24N4O4/c1-5-22(28)19(27)18(20-24-16-8-6-7-9-17(16)25-20)21(23-2)26(22)13-10-14(29-3)12-15(11-13)30-4/h6-12,18,28H,5H2,1-4H3,(H,24,25). The number of aliphatic hydroxyl groups is 1. The maximum atomic E-state index is 13.5. The fourth-order valence-corrected chi connectivity index (χ4v) is 3.96. The lowest BCUT2D eigenvalue weighted by Crippen LogP contribution is -2.49. The summed E-state index contributed by atoms with van der Waals surface area (Å²) in [5.41, 5.74) is 0.327. The van der Waals surface area contributed by atoms with Gasteiger partial charge in [-0.15, -0.1) is 0 Å². The van der Waals surface area contributed by atoms with Crippen LogP contribution in [0.15, 0.2) is 47.5 Å². The number of nitrogens with one attached hydrogen (secondary N) is 1. The van der Waals surface area contributed by atoms with Crippen molar-refractivity contribution >= 4 is 28.3 Å². The van der Waals surface area contributed by atoms with Crippen LogP contribution in [0.25, 0.3) is 11.0 Å². The molecule has 0 spiro atoms. The van der Waals surface area contributed by atoms with E-state index in [0.717, 1.165) is 11.0 Å². The van der Waals surface area contributed by atoms with Gasteiger partial charge in [0, 0.05) is 31.7 Å². The molecule has 8 heteroatoms. The van der Waals surface area contributed by atoms with Gasteiger partial charge in [-0.3, -0.25) is 14.7 Å². The van der Waals surface area contributed by atoms with E-state index in [1.54, 1.807) is 51.3 Å². The Kier molecular flexibility index (Phi) is 4.95. The molecule has 1 fully saturated rings. The normalized spacial score (nSPS) is 22.8. The quantitative estimate of drug-likeness (QED) is 0.673. The Morgan fingerprint density at radius 1 is 1.20 bits per heavy atom. The molecule has 0 bridgehead atoms. The summed E-state index contributed by atoms with van der Waals surface area (Å²) in [5.74, 6) is 0.719. The van der Waals surface area contributed by atoms with Crippen LogP contribution in [0.3, 0.4) is 0 Å². The predicted octanol–water partition coefficient (Wildman–Crippen LogP) is 2.88. The highest BCUT2D eigenvalue weighted by Crippen LogP contribution is 2.43. The highest BCUT2D eigenvalue weighted by molar-refractivity contribution is 6.26. The van der Waals surface area contributed by atoms with Crippen LogP contribution >= 0.6 is 0 Å². The number of carbonyl (C=O) groups is 1.